The summed E-state index contributed by atoms with van der Waals surface area (Å²) in [5.41, 5.74) is -0.463. The van der Waals surface area contributed by atoms with Gasteiger partial charge in [0.2, 0.25) is 0 Å². The third-order valence-corrected chi connectivity index (χ3v) is 7.08. The molecule has 168 valence electrons. The third kappa shape index (κ3) is 5.00. The van der Waals surface area contributed by atoms with Crippen LogP contribution in [0.3, 0.4) is 0 Å². The molecule has 0 bridgehead atoms. The van der Waals surface area contributed by atoms with Gasteiger partial charge in [-0.1, -0.05) is 40.2 Å². The predicted octanol–water partition coefficient (Wildman–Crippen LogP) is 1.90. The van der Waals surface area contributed by atoms with Gasteiger partial charge in [0.1, 0.15) is 29.8 Å². The molecule has 4 rings (SSSR count). The summed E-state index contributed by atoms with van der Waals surface area (Å²) in [7, 11) is 1.49. The number of hydrogen-bond acceptors (Lipinski definition) is 8. The zero-order valence-electron chi connectivity index (χ0n) is 16.5. The molecule has 2 aromatic rings. The molecule has 0 radical (unpaired) electrons. The first-order valence-electron chi connectivity index (χ1n) is 9.73. The number of amides is 1. The fourth-order valence-electron chi connectivity index (χ4n) is 3.41. The van der Waals surface area contributed by atoms with Crippen molar-refractivity contribution < 1.29 is 24.5 Å². The van der Waals surface area contributed by atoms with Crippen molar-refractivity contribution in [1.82, 2.24) is 20.3 Å². The van der Waals surface area contributed by atoms with Gasteiger partial charge >= 0.3 is 0 Å². The molecule has 1 saturated carbocycles. The molecule has 0 spiro atoms. The Morgan fingerprint density at radius 2 is 2.16 bits per heavy atom. The van der Waals surface area contributed by atoms with Crippen molar-refractivity contribution in [2.75, 3.05) is 13.7 Å². The van der Waals surface area contributed by atoms with Gasteiger partial charge in [0.25, 0.3) is 5.91 Å². The van der Waals surface area contributed by atoms with Crippen molar-refractivity contribution in [3.8, 4) is 0 Å². The van der Waals surface area contributed by atoms with Gasteiger partial charge in [0, 0.05) is 18.0 Å². The summed E-state index contributed by atoms with van der Waals surface area (Å²) in [5, 5.41) is 32.3. The van der Waals surface area contributed by atoms with Gasteiger partial charge in [0.05, 0.1) is 22.8 Å². The van der Waals surface area contributed by atoms with Gasteiger partial charge in [-0.15, -0.1) is 5.10 Å². The standard InChI is InChI=1S/C19H22Cl2N4O5S/c1-29-17-15(25-7-13(23-24-25)18(28)22-9-2-3-9)16(27)14(8-26)30-19(17)31-10-4-5-11(20)12(21)6-10/h4-7,9,14-17,19,26-27H,2-3,8H2,1H3,(H,22,28)/t14-,15+,16+,17-,19-/m1/s1. The summed E-state index contributed by atoms with van der Waals surface area (Å²) >= 11 is 13.4. The molecular formula is C19H22Cl2N4O5S. The van der Waals surface area contributed by atoms with Gasteiger partial charge < -0.3 is 25.0 Å². The minimum atomic E-state index is -1.14. The first-order valence-corrected chi connectivity index (χ1v) is 11.4. The molecule has 2 heterocycles. The quantitative estimate of drug-likeness (QED) is 0.540. The molecule has 9 nitrogen and oxygen atoms in total. The molecule has 12 heteroatoms. The number of nitrogens with zero attached hydrogens (tertiary/aromatic N) is 3. The summed E-state index contributed by atoms with van der Waals surface area (Å²) in [6, 6.07) is 4.61. The number of rotatable bonds is 7. The highest BCUT2D eigenvalue weighted by Crippen LogP contribution is 2.40. The number of aliphatic hydroxyl groups excluding tert-OH is 2. The molecule has 2 aliphatic rings. The molecule has 5 atom stereocenters. The van der Waals surface area contributed by atoms with E-state index in [9.17, 15) is 15.0 Å². The van der Waals surface area contributed by atoms with Gasteiger partial charge in [0.15, 0.2) is 5.69 Å². The lowest BCUT2D eigenvalue weighted by molar-refractivity contribution is -0.186. The Kier molecular flexibility index (Phi) is 7.07. The molecule has 2 fully saturated rings. The van der Waals surface area contributed by atoms with Crippen LogP contribution < -0.4 is 5.32 Å². The van der Waals surface area contributed by atoms with Crippen LogP contribution in [0.5, 0.6) is 0 Å². The van der Waals surface area contributed by atoms with E-state index in [1.165, 1.54) is 29.8 Å². The van der Waals surface area contributed by atoms with Crippen LogP contribution in [0, 0.1) is 0 Å². The maximum atomic E-state index is 12.3. The van der Waals surface area contributed by atoms with Crippen LogP contribution in [0.1, 0.15) is 29.4 Å². The van der Waals surface area contributed by atoms with Crippen LogP contribution in [-0.2, 0) is 9.47 Å². The number of benzene rings is 1. The first kappa shape index (κ1) is 22.8. The monoisotopic (exact) mass is 488 g/mol. The lowest BCUT2D eigenvalue weighted by Crippen LogP contribution is -2.55. The lowest BCUT2D eigenvalue weighted by Gasteiger charge is -2.43. The number of methoxy groups -OCH3 is 1. The zero-order valence-corrected chi connectivity index (χ0v) is 18.8. The summed E-state index contributed by atoms with van der Waals surface area (Å²) in [5.74, 6) is -0.315. The molecule has 1 aliphatic heterocycles. The van der Waals surface area contributed by atoms with Crippen LogP contribution in [0.25, 0.3) is 0 Å². The highest BCUT2D eigenvalue weighted by molar-refractivity contribution is 7.99. The minimum absolute atomic E-state index is 0.148. The van der Waals surface area contributed by atoms with Gasteiger partial charge in [-0.05, 0) is 31.0 Å². The third-order valence-electron chi connectivity index (χ3n) is 5.20. The van der Waals surface area contributed by atoms with Crippen molar-refractivity contribution in [2.45, 2.75) is 53.6 Å². The first-order chi connectivity index (χ1) is 14.9. The van der Waals surface area contributed by atoms with E-state index < -0.39 is 36.4 Å². The fourth-order valence-corrected chi connectivity index (χ4v) is 4.97. The smallest absolute Gasteiger partial charge is 0.273 e. The van der Waals surface area contributed by atoms with Crippen molar-refractivity contribution >= 4 is 40.9 Å². The summed E-state index contributed by atoms with van der Waals surface area (Å²) in [6.45, 7) is -0.406. The van der Waals surface area contributed by atoms with Crippen LogP contribution in [-0.4, -0.2) is 74.6 Å². The second-order valence-corrected chi connectivity index (χ2v) is 9.42. The van der Waals surface area contributed by atoms with E-state index in [1.807, 2.05) is 0 Å². The van der Waals surface area contributed by atoms with E-state index >= 15 is 0 Å². The van der Waals surface area contributed by atoms with Crippen molar-refractivity contribution in [1.29, 1.82) is 0 Å². The lowest BCUT2D eigenvalue weighted by atomic mass is 9.97. The van der Waals surface area contributed by atoms with Crippen molar-refractivity contribution in [3.63, 3.8) is 0 Å². The Morgan fingerprint density at radius 1 is 1.39 bits per heavy atom. The molecule has 0 unspecified atom stereocenters. The van der Waals surface area contributed by atoms with E-state index in [-0.39, 0.29) is 17.6 Å². The largest absolute Gasteiger partial charge is 0.394 e. The predicted molar refractivity (Wildman–Crippen MR) is 114 cm³/mol. The average Bonchev–Trinajstić information content (AvgIpc) is 3.43. The number of carbonyl (C=O) groups excluding carboxylic acids is 1. The average molecular weight is 489 g/mol. The SMILES string of the molecule is CO[C@@H]1[C@@H](n2cc(C(=O)NC3CC3)nn2)[C@@H](O)[C@@H](CO)O[C@@H]1Sc1ccc(Cl)c(Cl)c1. The summed E-state index contributed by atoms with van der Waals surface area (Å²) in [4.78, 5) is 13.1. The van der Waals surface area contributed by atoms with E-state index in [2.05, 4.69) is 15.6 Å². The van der Waals surface area contributed by atoms with E-state index in [1.54, 1.807) is 18.2 Å². The minimum Gasteiger partial charge on any atom is -0.394 e. The molecular weight excluding hydrogens is 467 g/mol. The maximum Gasteiger partial charge on any atom is 0.273 e. The van der Waals surface area contributed by atoms with Crippen LogP contribution in [0.2, 0.25) is 10.0 Å². The highest BCUT2D eigenvalue weighted by Gasteiger charge is 2.47. The molecule has 1 amide bonds. The number of hydrogen-bond donors (Lipinski definition) is 3. The number of halogens is 2. The van der Waals surface area contributed by atoms with Gasteiger partial charge in [-0.3, -0.25) is 4.79 Å². The second-order valence-electron chi connectivity index (χ2n) is 7.43. The maximum absolute atomic E-state index is 12.3. The fraction of sp³-hybridized carbons (Fsp3) is 0.526. The van der Waals surface area contributed by atoms with Crippen LogP contribution >= 0.6 is 35.0 Å². The number of thioether (sulfide) groups is 1. The molecule has 1 aromatic heterocycles. The molecule has 1 saturated heterocycles. The normalized spacial score (nSPS) is 28.5. The number of aromatic nitrogens is 3. The molecule has 1 aromatic carbocycles. The molecule has 3 N–H and O–H groups in total. The van der Waals surface area contributed by atoms with Crippen molar-refractivity contribution in [2.24, 2.45) is 0 Å². The Balaban J connectivity index is 1.59. The van der Waals surface area contributed by atoms with Crippen molar-refractivity contribution in [3.05, 3.63) is 40.1 Å². The number of carbonyl (C=O) groups is 1. The Labute approximate surface area is 193 Å². The van der Waals surface area contributed by atoms with Crippen LogP contribution in [0.4, 0.5) is 0 Å². The Bertz CT molecular complexity index is 944. The van der Waals surface area contributed by atoms with Crippen LogP contribution in [0.15, 0.2) is 29.3 Å². The molecule has 1 aliphatic carbocycles. The topological polar surface area (TPSA) is 119 Å². The van der Waals surface area contributed by atoms with Gasteiger partial charge in [-0.2, -0.15) is 0 Å². The van der Waals surface area contributed by atoms with E-state index in [0.717, 1.165) is 17.7 Å². The van der Waals surface area contributed by atoms with E-state index in [4.69, 9.17) is 32.7 Å². The zero-order chi connectivity index (χ0) is 22.1. The Hall–Kier alpha value is -1.40. The van der Waals surface area contributed by atoms with Gasteiger partial charge in [-0.25, -0.2) is 4.68 Å². The molecule has 31 heavy (non-hydrogen) atoms. The van der Waals surface area contributed by atoms with E-state index in [0.29, 0.717) is 10.0 Å². The number of nitrogens with one attached hydrogen (secondary N) is 1. The summed E-state index contributed by atoms with van der Waals surface area (Å²) in [6.07, 6.45) is 0.689. The Morgan fingerprint density at radius 3 is 2.81 bits per heavy atom. The summed E-state index contributed by atoms with van der Waals surface area (Å²) < 4.78 is 13.0. The second kappa shape index (κ2) is 9.62. The highest BCUT2D eigenvalue weighted by atomic mass is 35.5. The number of ether oxygens (including phenoxy) is 2. The number of aliphatic hydroxyl groups is 2.